The van der Waals surface area contributed by atoms with Gasteiger partial charge in [0.05, 0.1) is 7.11 Å². The Hall–Kier alpha value is -3.37. The Bertz CT molecular complexity index is 1120. The van der Waals surface area contributed by atoms with Gasteiger partial charge in [-0.2, -0.15) is 0 Å². The van der Waals surface area contributed by atoms with Crippen LogP contribution in [0, 0.1) is 6.92 Å². The Balaban J connectivity index is 1.80. The van der Waals surface area contributed by atoms with E-state index in [9.17, 15) is 9.90 Å². The van der Waals surface area contributed by atoms with Crippen LogP contribution in [-0.2, 0) is 16.0 Å². The lowest BCUT2D eigenvalue weighted by Gasteiger charge is -2.29. The summed E-state index contributed by atoms with van der Waals surface area (Å²) in [6.07, 6.45) is 0.0699. The molecule has 0 spiro atoms. The third kappa shape index (κ3) is 6.11. The molecule has 172 valence electrons. The van der Waals surface area contributed by atoms with Crippen LogP contribution >= 0.6 is 0 Å². The minimum Gasteiger partial charge on any atom is -0.497 e. The van der Waals surface area contributed by atoms with E-state index in [0.717, 1.165) is 28.9 Å². The van der Waals surface area contributed by atoms with Crippen molar-refractivity contribution >= 4 is 5.97 Å². The summed E-state index contributed by atoms with van der Waals surface area (Å²) >= 11 is 0. The first-order valence-electron chi connectivity index (χ1n) is 11.0. The van der Waals surface area contributed by atoms with E-state index in [4.69, 9.17) is 9.47 Å². The second-order valence-electron chi connectivity index (χ2n) is 9.01. The second kappa shape index (κ2) is 10.1. The van der Waals surface area contributed by atoms with Gasteiger partial charge in [0.15, 0.2) is 6.10 Å². The molecule has 0 aromatic heterocycles. The van der Waals surface area contributed by atoms with Crippen LogP contribution in [0.15, 0.2) is 78.9 Å². The smallest absolute Gasteiger partial charge is 0.333 e. The minimum absolute atomic E-state index is 0.297. The highest BCUT2D eigenvalue weighted by Gasteiger charge is 2.32. The summed E-state index contributed by atoms with van der Waals surface area (Å²) in [5, 5.41) is 10.6. The number of hydrogen-bond donors (Lipinski definition) is 1. The molecule has 0 aliphatic rings. The van der Waals surface area contributed by atoms with Gasteiger partial charge in [0.1, 0.15) is 11.4 Å². The van der Waals surface area contributed by atoms with E-state index in [-0.39, 0.29) is 0 Å². The Labute approximate surface area is 196 Å². The Morgan fingerprint density at radius 2 is 1.61 bits per heavy atom. The van der Waals surface area contributed by atoms with Crippen molar-refractivity contribution in [3.05, 3.63) is 101 Å². The van der Waals surface area contributed by atoms with Gasteiger partial charge in [-0.15, -0.1) is 0 Å². The summed E-state index contributed by atoms with van der Waals surface area (Å²) in [4.78, 5) is 12.1. The summed E-state index contributed by atoms with van der Waals surface area (Å²) in [6.45, 7) is 10.6. The van der Waals surface area contributed by atoms with Crippen molar-refractivity contribution in [1.29, 1.82) is 0 Å². The van der Waals surface area contributed by atoms with Gasteiger partial charge in [-0.25, -0.2) is 4.79 Å². The molecular weight excluding hydrogens is 412 g/mol. The van der Waals surface area contributed by atoms with E-state index in [2.05, 4.69) is 43.8 Å². The first-order valence-corrected chi connectivity index (χ1v) is 11.0. The van der Waals surface area contributed by atoms with E-state index in [1.54, 1.807) is 27.9 Å². The van der Waals surface area contributed by atoms with Crippen LogP contribution < -0.4 is 4.74 Å². The van der Waals surface area contributed by atoms with Crippen molar-refractivity contribution in [1.82, 2.24) is 0 Å². The normalized spacial score (nSPS) is 12.2. The van der Waals surface area contributed by atoms with Gasteiger partial charge in [0.2, 0.25) is 0 Å². The fourth-order valence-corrected chi connectivity index (χ4v) is 3.72. The second-order valence-corrected chi connectivity index (χ2v) is 9.01. The Morgan fingerprint density at radius 3 is 2.12 bits per heavy atom. The van der Waals surface area contributed by atoms with Crippen LogP contribution in [0.25, 0.3) is 11.1 Å². The molecule has 1 unspecified atom stereocenters. The molecular formula is C29H32O4. The molecule has 33 heavy (non-hydrogen) atoms. The molecule has 0 saturated heterocycles. The summed E-state index contributed by atoms with van der Waals surface area (Å²) in [6, 6.07) is 22.4. The molecule has 0 heterocycles. The quantitative estimate of drug-likeness (QED) is 0.332. The molecule has 0 amide bonds. The summed E-state index contributed by atoms with van der Waals surface area (Å²) in [5.74, 6) is 0.338. The lowest BCUT2D eigenvalue weighted by atomic mass is 9.92. The number of esters is 1. The molecule has 4 nitrogen and oxygen atoms in total. The minimum atomic E-state index is -1.23. The molecule has 1 atom stereocenters. The largest absolute Gasteiger partial charge is 0.497 e. The van der Waals surface area contributed by atoms with Crippen LogP contribution in [0.5, 0.6) is 5.75 Å². The fraction of sp³-hybridized carbons (Fsp3) is 0.276. The topological polar surface area (TPSA) is 55.8 Å². The Morgan fingerprint density at radius 1 is 1.00 bits per heavy atom. The maximum Gasteiger partial charge on any atom is 0.333 e. The van der Waals surface area contributed by atoms with Crippen LogP contribution in [0.3, 0.4) is 0 Å². The number of aliphatic hydroxyl groups is 1. The van der Waals surface area contributed by atoms with E-state index in [1.165, 1.54) is 16.7 Å². The van der Waals surface area contributed by atoms with Crippen molar-refractivity contribution in [2.45, 2.75) is 45.8 Å². The van der Waals surface area contributed by atoms with Gasteiger partial charge in [0, 0.05) is 5.57 Å². The van der Waals surface area contributed by atoms with Crippen LogP contribution in [0.4, 0.5) is 0 Å². The lowest BCUT2D eigenvalue weighted by molar-refractivity contribution is -0.158. The zero-order chi connectivity index (χ0) is 24.2. The zero-order valence-electron chi connectivity index (χ0n) is 20.0. The molecule has 3 rings (SSSR count). The van der Waals surface area contributed by atoms with Gasteiger partial charge >= 0.3 is 5.97 Å². The Kier molecular flexibility index (Phi) is 7.39. The van der Waals surface area contributed by atoms with Gasteiger partial charge < -0.3 is 14.6 Å². The predicted octanol–water partition coefficient (Wildman–Crippen LogP) is 6.19. The van der Waals surface area contributed by atoms with Crippen LogP contribution in [-0.4, -0.2) is 23.8 Å². The molecule has 0 aliphatic heterocycles. The van der Waals surface area contributed by atoms with Gasteiger partial charge in [-0.05, 0) is 79.6 Å². The molecule has 0 fully saturated rings. The van der Waals surface area contributed by atoms with E-state index >= 15 is 0 Å². The number of carbonyl (C=O) groups is 1. The third-order valence-electron chi connectivity index (χ3n) is 5.66. The van der Waals surface area contributed by atoms with Gasteiger partial charge in [-0.1, -0.05) is 61.2 Å². The first kappa shape index (κ1) is 24.3. The summed E-state index contributed by atoms with van der Waals surface area (Å²) in [7, 11) is 1.67. The SMILES string of the molecule is C=C(C)C(=O)OC(c1ccc(-c2ccc(Cc3ccc(OC)cc3)c(C)c2)cc1)C(C)(C)O. The molecule has 0 saturated carbocycles. The van der Waals surface area contributed by atoms with Crippen molar-refractivity contribution in [2.24, 2.45) is 0 Å². The van der Waals surface area contributed by atoms with Gasteiger partial charge in [-0.3, -0.25) is 0 Å². The van der Waals surface area contributed by atoms with Crippen molar-refractivity contribution in [2.75, 3.05) is 7.11 Å². The molecule has 0 bridgehead atoms. The molecule has 3 aromatic rings. The molecule has 1 N–H and O–H groups in total. The van der Waals surface area contributed by atoms with E-state index in [0.29, 0.717) is 5.57 Å². The van der Waals surface area contributed by atoms with Crippen molar-refractivity contribution < 1.29 is 19.4 Å². The summed E-state index contributed by atoms with van der Waals surface area (Å²) in [5.41, 5.74) is 5.69. The molecule has 0 radical (unpaired) electrons. The molecule has 4 heteroatoms. The number of methoxy groups -OCH3 is 1. The van der Waals surface area contributed by atoms with Crippen LogP contribution in [0.2, 0.25) is 0 Å². The number of benzene rings is 3. The zero-order valence-corrected chi connectivity index (χ0v) is 20.0. The van der Waals surface area contributed by atoms with Crippen molar-refractivity contribution in [3.8, 4) is 16.9 Å². The summed E-state index contributed by atoms with van der Waals surface area (Å²) < 4.78 is 10.8. The van der Waals surface area contributed by atoms with Crippen LogP contribution in [0.1, 0.15) is 49.1 Å². The average molecular weight is 445 g/mol. The highest BCUT2D eigenvalue weighted by molar-refractivity contribution is 5.87. The highest BCUT2D eigenvalue weighted by Crippen LogP contribution is 2.32. The number of carbonyl (C=O) groups excluding carboxylic acids is 1. The maximum absolute atomic E-state index is 12.1. The third-order valence-corrected chi connectivity index (χ3v) is 5.66. The number of hydrogen-bond acceptors (Lipinski definition) is 4. The van der Waals surface area contributed by atoms with E-state index in [1.807, 2.05) is 36.4 Å². The average Bonchev–Trinajstić information content (AvgIpc) is 2.78. The number of ether oxygens (including phenoxy) is 2. The van der Waals surface area contributed by atoms with E-state index < -0.39 is 17.7 Å². The fourth-order valence-electron chi connectivity index (χ4n) is 3.72. The van der Waals surface area contributed by atoms with Gasteiger partial charge in [0.25, 0.3) is 0 Å². The first-order chi connectivity index (χ1) is 15.6. The van der Waals surface area contributed by atoms with Crippen molar-refractivity contribution in [3.63, 3.8) is 0 Å². The predicted molar refractivity (Wildman–Crippen MR) is 132 cm³/mol. The molecule has 3 aromatic carbocycles. The maximum atomic E-state index is 12.1. The lowest BCUT2D eigenvalue weighted by Crippen LogP contribution is -2.32. The molecule has 0 aliphatic carbocycles. The standard InChI is InChI=1S/C29H32O4/c1-19(2)28(30)33-27(29(4,5)31)23-11-9-22(10-12-23)25-14-13-24(20(3)17-25)18-21-7-15-26(32-6)16-8-21/h7-17,27,31H,1,18H2,2-6H3. The number of aryl methyl sites for hydroxylation is 1. The number of rotatable bonds is 8. The monoisotopic (exact) mass is 444 g/mol. The highest BCUT2D eigenvalue weighted by atomic mass is 16.6.